The molecule has 0 aliphatic carbocycles. The highest BCUT2D eigenvalue weighted by Gasteiger charge is 2.09. The van der Waals surface area contributed by atoms with Crippen molar-refractivity contribution in [1.29, 1.82) is 0 Å². The summed E-state index contributed by atoms with van der Waals surface area (Å²) in [5.41, 5.74) is 5.41. The number of aromatic amines is 1. The summed E-state index contributed by atoms with van der Waals surface area (Å²) in [7, 11) is 0. The predicted molar refractivity (Wildman–Crippen MR) is 59.5 cm³/mol. The van der Waals surface area contributed by atoms with E-state index in [0.717, 1.165) is 6.42 Å². The van der Waals surface area contributed by atoms with E-state index >= 15 is 0 Å². The van der Waals surface area contributed by atoms with Gasteiger partial charge in [-0.2, -0.15) is 0 Å². The summed E-state index contributed by atoms with van der Waals surface area (Å²) >= 11 is 3.16. The average Bonchev–Trinajstić information content (AvgIpc) is 2.12. The number of nitrogens with one attached hydrogen (secondary N) is 1. The molecule has 82 valence electrons. The van der Waals surface area contributed by atoms with Crippen molar-refractivity contribution in [3.63, 3.8) is 0 Å². The Kier molecular flexibility index (Phi) is 4.02. The summed E-state index contributed by atoms with van der Waals surface area (Å²) < 4.78 is 0.428. The van der Waals surface area contributed by atoms with Crippen molar-refractivity contribution in [2.24, 2.45) is 5.73 Å². The van der Waals surface area contributed by atoms with Crippen molar-refractivity contribution in [2.75, 3.05) is 0 Å². The van der Waals surface area contributed by atoms with E-state index in [-0.39, 0.29) is 12.0 Å². The summed E-state index contributed by atoms with van der Waals surface area (Å²) in [5.74, 6) is -0.193. The Hall–Kier alpha value is -1.17. The van der Waals surface area contributed by atoms with Crippen molar-refractivity contribution >= 4 is 21.8 Å². The number of carbonyl (C=O) groups is 1. The van der Waals surface area contributed by atoms with Gasteiger partial charge in [-0.1, -0.05) is 13.3 Å². The molecular weight excluding hydrogens is 262 g/mol. The number of amides is 1. The van der Waals surface area contributed by atoms with Crippen molar-refractivity contribution in [2.45, 2.75) is 26.2 Å². The topological polar surface area (TPSA) is 88.8 Å². The molecule has 1 amide bonds. The van der Waals surface area contributed by atoms with Gasteiger partial charge in [-0.25, -0.2) is 4.98 Å². The quantitative estimate of drug-likeness (QED) is 0.838. The standard InChI is InChI=1S/C9H12BrN3O2/c1-2-3-5-8(10)9(15)13-7(12-5)4-6(11)14/h2-4H2,1H3,(H2,11,14)(H,12,13,15). The maximum absolute atomic E-state index is 11.4. The number of primary amides is 1. The molecule has 0 unspecified atom stereocenters. The molecule has 6 heteroatoms. The molecular formula is C9H12BrN3O2. The van der Waals surface area contributed by atoms with Gasteiger partial charge < -0.3 is 10.7 Å². The highest BCUT2D eigenvalue weighted by Crippen LogP contribution is 2.10. The number of hydrogen-bond acceptors (Lipinski definition) is 3. The minimum absolute atomic E-state index is 0.0424. The third kappa shape index (κ3) is 3.16. The molecule has 0 aromatic carbocycles. The number of carbonyl (C=O) groups excluding carboxylic acids is 1. The van der Waals surface area contributed by atoms with Crippen molar-refractivity contribution in [1.82, 2.24) is 9.97 Å². The minimum atomic E-state index is -0.511. The molecule has 0 saturated carbocycles. The number of nitrogens with zero attached hydrogens (tertiary/aromatic N) is 1. The number of halogens is 1. The lowest BCUT2D eigenvalue weighted by molar-refractivity contribution is -0.117. The number of H-pyrrole nitrogens is 1. The first-order valence-corrected chi connectivity index (χ1v) is 5.39. The van der Waals surface area contributed by atoms with Crippen LogP contribution in [-0.2, 0) is 17.6 Å². The zero-order chi connectivity index (χ0) is 11.4. The maximum atomic E-state index is 11.4. The van der Waals surface area contributed by atoms with Crippen LogP contribution in [0.5, 0.6) is 0 Å². The number of aryl methyl sites for hydroxylation is 1. The lowest BCUT2D eigenvalue weighted by atomic mass is 10.2. The van der Waals surface area contributed by atoms with E-state index in [1.165, 1.54) is 0 Å². The fourth-order valence-corrected chi connectivity index (χ4v) is 1.59. The molecule has 0 fully saturated rings. The predicted octanol–water partition coefficient (Wildman–Crippen LogP) is 0.513. The van der Waals surface area contributed by atoms with Gasteiger partial charge in [0.15, 0.2) is 0 Å². The Bertz CT molecular complexity index is 428. The summed E-state index contributed by atoms with van der Waals surface area (Å²) in [6.45, 7) is 1.99. The van der Waals surface area contributed by atoms with Gasteiger partial charge in [0.2, 0.25) is 5.91 Å². The van der Waals surface area contributed by atoms with Crippen LogP contribution in [0.2, 0.25) is 0 Å². The number of hydrogen-bond donors (Lipinski definition) is 2. The first kappa shape index (κ1) is 11.9. The van der Waals surface area contributed by atoms with Gasteiger partial charge in [0.1, 0.15) is 10.3 Å². The summed E-state index contributed by atoms with van der Waals surface area (Å²) in [5, 5.41) is 0. The molecule has 3 N–H and O–H groups in total. The van der Waals surface area contributed by atoms with Crippen LogP contribution in [0.15, 0.2) is 9.27 Å². The van der Waals surface area contributed by atoms with Gasteiger partial charge in [-0.15, -0.1) is 0 Å². The Morgan fingerprint density at radius 3 is 2.80 bits per heavy atom. The molecule has 15 heavy (non-hydrogen) atoms. The van der Waals surface area contributed by atoms with Crippen LogP contribution in [0.3, 0.4) is 0 Å². The SMILES string of the molecule is CCCc1nc(CC(N)=O)[nH]c(=O)c1Br. The van der Waals surface area contributed by atoms with E-state index in [2.05, 4.69) is 25.9 Å². The normalized spacial score (nSPS) is 10.3. The van der Waals surface area contributed by atoms with Gasteiger partial charge in [0.25, 0.3) is 5.56 Å². The van der Waals surface area contributed by atoms with Crippen LogP contribution < -0.4 is 11.3 Å². The van der Waals surface area contributed by atoms with Crippen LogP contribution in [-0.4, -0.2) is 15.9 Å². The second-order valence-electron chi connectivity index (χ2n) is 3.17. The third-order valence-electron chi connectivity index (χ3n) is 1.81. The molecule has 0 aliphatic rings. The average molecular weight is 274 g/mol. The molecule has 5 nitrogen and oxygen atoms in total. The fraction of sp³-hybridized carbons (Fsp3) is 0.444. The Labute approximate surface area is 95.2 Å². The Morgan fingerprint density at radius 1 is 1.60 bits per heavy atom. The molecule has 0 bridgehead atoms. The second kappa shape index (κ2) is 5.06. The Balaban J connectivity index is 3.11. The molecule has 0 saturated heterocycles. The van der Waals surface area contributed by atoms with Gasteiger partial charge in [-0.3, -0.25) is 9.59 Å². The van der Waals surface area contributed by atoms with Crippen molar-refractivity contribution in [3.8, 4) is 0 Å². The molecule has 1 aromatic rings. The molecule has 1 heterocycles. The second-order valence-corrected chi connectivity index (χ2v) is 3.96. The number of nitrogens with two attached hydrogens (primary N) is 1. The van der Waals surface area contributed by atoms with Crippen molar-refractivity contribution in [3.05, 3.63) is 26.3 Å². The lowest BCUT2D eigenvalue weighted by Gasteiger charge is -2.03. The lowest BCUT2D eigenvalue weighted by Crippen LogP contribution is -2.21. The summed E-state index contributed by atoms with van der Waals surface area (Å²) in [4.78, 5) is 28.8. The third-order valence-corrected chi connectivity index (χ3v) is 2.63. The summed E-state index contributed by atoms with van der Waals surface area (Å²) in [6.07, 6.45) is 1.53. The molecule has 0 spiro atoms. The number of aromatic nitrogens is 2. The number of rotatable bonds is 4. The van der Waals surface area contributed by atoms with Crippen LogP contribution in [0, 0.1) is 0 Å². The van der Waals surface area contributed by atoms with Gasteiger partial charge in [-0.05, 0) is 22.4 Å². The van der Waals surface area contributed by atoms with Gasteiger partial charge >= 0.3 is 0 Å². The van der Waals surface area contributed by atoms with Crippen LogP contribution in [0.25, 0.3) is 0 Å². The molecule has 0 aliphatic heterocycles. The molecule has 0 atom stereocenters. The Morgan fingerprint density at radius 2 is 2.27 bits per heavy atom. The van der Waals surface area contributed by atoms with Crippen LogP contribution >= 0.6 is 15.9 Å². The van der Waals surface area contributed by atoms with E-state index in [9.17, 15) is 9.59 Å². The first-order chi connectivity index (χ1) is 7.04. The highest BCUT2D eigenvalue weighted by molar-refractivity contribution is 9.10. The van der Waals surface area contributed by atoms with E-state index in [1.54, 1.807) is 0 Å². The molecule has 1 aromatic heterocycles. The van der Waals surface area contributed by atoms with Crippen molar-refractivity contribution < 1.29 is 4.79 Å². The highest BCUT2D eigenvalue weighted by atomic mass is 79.9. The van der Waals surface area contributed by atoms with Gasteiger partial charge in [0, 0.05) is 0 Å². The van der Waals surface area contributed by atoms with Crippen LogP contribution in [0.4, 0.5) is 0 Å². The van der Waals surface area contributed by atoms with E-state index in [0.29, 0.717) is 22.4 Å². The summed E-state index contributed by atoms with van der Waals surface area (Å²) in [6, 6.07) is 0. The van der Waals surface area contributed by atoms with E-state index in [1.807, 2.05) is 6.92 Å². The molecule has 1 rings (SSSR count). The smallest absolute Gasteiger partial charge is 0.265 e. The molecule has 0 radical (unpaired) electrons. The zero-order valence-electron chi connectivity index (χ0n) is 8.34. The van der Waals surface area contributed by atoms with Crippen LogP contribution in [0.1, 0.15) is 24.9 Å². The zero-order valence-corrected chi connectivity index (χ0v) is 9.93. The van der Waals surface area contributed by atoms with E-state index in [4.69, 9.17) is 5.73 Å². The fourth-order valence-electron chi connectivity index (χ4n) is 1.21. The largest absolute Gasteiger partial charge is 0.369 e. The monoisotopic (exact) mass is 273 g/mol. The first-order valence-electron chi connectivity index (χ1n) is 4.60. The maximum Gasteiger partial charge on any atom is 0.265 e. The van der Waals surface area contributed by atoms with E-state index < -0.39 is 5.91 Å². The minimum Gasteiger partial charge on any atom is -0.369 e. The van der Waals surface area contributed by atoms with Gasteiger partial charge in [0.05, 0.1) is 12.1 Å².